The summed E-state index contributed by atoms with van der Waals surface area (Å²) >= 11 is 7.06. The largest absolute Gasteiger partial charge is 0.451 e. The molecule has 2 heterocycles. The van der Waals surface area contributed by atoms with Gasteiger partial charge in [-0.1, -0.05) is 29.8 Å². The Bertz CT molecular complexity index is 1220. The third-order valence-electron chi connectivity index (χ3n) is 4.37. The van der Waals surface area contributed by atoms with Crippen molar-refractivity contribution in [1.82, 2.24) is 4.98 Å². The third-order valence-corrected chi connectivity index (χ3v) is 5.53. The van der Waals surface area contributed by atoms with Crippen molar-refractivity contribution < 1.29 is 22.4 Å². The molecule has 1 N–H and O–H groups in total. The monoisotopic (exact) mass is 462 g/mol. The maximum Gasteiger partial charge on any atom is 0.416 e. The van der Waals surface area contributed by atoms with E-state index in [2.05, 4.69) is 10.3 Å². The Hall–Kier alpha value is -3.10. The molecule has 4 rings (SSSR count). The number of rotatable bonds is 5. The van der Waals surface area contributed by atoms with E-state index in [1.54, 1.807) is 42.5 Å². The average Bonchev–Trinajstić information content (AvgIpc) is 3.38. The van der Waals surface area contributed by atoms with Gasteiger partial charge in [0, 0.05) is 28.1 Å². The van der Waals surface area contributed by atoms with Crippen molar-refractivity contribution in [2.75, 3.05) is 5.32 Å². The third kappa shape index (κ3) is 5.15. The van der Waals surface area contributed by atoms with Crippen LogP contribution >= 0.6 is 22.9 Å². The van der Waals surface area contributed by atoms with Gasteiger partial charge in [0.1, 0.15) is 5.76 Å². The van der Waals surface area contributed by atoms with Gasteiger partial charge in [-0.05, 0) is 48.0 Å². The number of amides is 1. The van der Waals surface area contributed by atoms with Crippen LogP contribution in [-0.2, 0) is 12.6 Å². The van der Waals surface area contributed by atoms with Crippen LogP contribution in [0.4, 0.5) is 18.3 Å². The van der Waals surface area contributed by atoms with Crippen molar-refractivity contribution in [3.8, 4) is 11.3 Å². The topological polar surface area (TPSA) is 55.1 Å². The van der Waals surface area contributed by atoms with Crippen LogP contribution in [0.3, 0.4) is 0 Å². The minimum Gasteiger partial charge on any atom is -0.451 e. The van der Waals surface area contributed by atoms with Gasteiger partial charge in [-0.3, -0.25) is 10.1 Å². The van der Waals surface area contributed by atoms with Crippen LogP contribution in [0.25, 0.3) is 11.3 Å². The second-order valence-electron chi connectivity index (χ2n) is 6.63. The molecule has 4 nitrogen and oxygen atoms in total. The van der Waals surface area contributed by atoms with E-state index in [1.165, 1.54) is 23.6 Å². The molecule has 9 heteroatoms. The highest BCUT2D eigenvalue weighted by molar-refractivity contribution is 7.15. The molecule has 0 fully saturated rings. The maximum absolute atomic E-state index is 12.9. The average molecular weight is 463 g/mol. The fourth-order valence-electron chi connectivity index (χ4n) is 2.89. The Morgan fingerprint density at radius 1 is 1.10 bits per heavy atom. The van der Waals surface area contributed by atoms with Gasteiger partial charge < -0.3 is 4.42 Å². The molecule has 158 valence electrons. The summed E-state index contributed by atoms with van der Waals surface area (Å²) in [5.41, 5.74) is 0.591. The second-order valence-corrected chi connectivity index (χ2v) is 8.18. The Morgan fingerprint density at radius 2 is 1.87 bits per heavy atom. The minimum atomic E-state index is -4.39. The van der Waals surface area contributed by atoms with Crippen LogP contribution in [0.5, 0.6) is 0 Å². The lowest BCUT2D eigenvalue weighted by molar-refractivity contribution is -0.137. The van der Waals surface area contributed by atoms with Crippen molar-refractivity contribution >= 4 is 34.0 Å². The molecule has 0 aliphatic carbocycles. The number of furan rings is 1. The number of hydrogen-bond donors (Lipinski definition) is 1. The van der Waals surface area contributed by atoms with Gasteiger partial charge in [-0.25, -0.2) is 4.98 Å². The highest BCUT2D eigenvalue weighted by Gasteiger charge is 2.30. The molecule has 0 aliphatic heterocycles. The Morgan fingerprint density at radius 3 is 2.61 bits per heavy atom. The standard InChI is InChI=1S/C22H14ClF3N2O2S/c23-16-6-4-14(5-7-16)18-8-9-19(30-18)20(29)28-21-27-12-17(31-21)11-13-2-1-3-15(10-13)22(24,25)26/h1-10,12H,11H2,(H,27,28,29). The summed E-state index contributed by atoms with van der Waals surface area (Å²) in [4.78, 5) is 17.3. The van der Waals surface area contributed by atoms with E-state index >= 15 is 0 Å². The predicted molar refractivity (Wildman–Crippen MR) is 113 cm³/mol. The Balaban J connectivity index is 1.42. The second kappa shape index (κ2) is 8.56. The smallest absolute Gasteiger partial charge is 0.416 e. The molecule has 0 aliphatic rings. The molecule has 1 amide bonds. The summed E-state index contributed by atoms with van der Waals surface area (Å²) in [7, 11) is 0. The van der Waals surface area contributed by atoms with Gasteiger partial charge in [0.25, 0.3) is 5.91 Å². The van der Waals surface area contributed by atoms with Crippen molar-refractivity contribution in [2.45, 2.75) is 12.6 Å². The van der Waals surface area contributed by atoms with Crippen molar-refractivity contribution in [3.05, 3.63) is 93.6 Å². The quantitative estimate of drug-likeness (QED) is 0.350. The van der Waals surface area contributed by atoms with Crippen molar-refractivity contribution in [1.29, 1.82) is 0 Å². The fourth-order valence-corrected chi connectivity index (χ4v) is 3.86. The molecule has 31 heavy (non-hydrogen) atoms. The number of benzene rings is 2. The maximum atomic E-state index is 12.9. The van der Waals surface area contributed by atoms with Gasteiger partial charge in [0.05, 0.1) is 5.56 Å². The molecule has 2 aromatic heterocycles. The first kappa shape index (κ1) is 21.1. The summed E-state index contributed by atoms with van der Waals surface area (Å²) in [5, 5.41) is 3.57. The number of halogens is 4. The molecule has 2 aromatic carbocycles. The van der Waals surface area contributed by atoms with Crippen LogP contribution < -0.4 is 5.32 Å². The molecule has 0 radical (unpaired) electrons. The number of carbonyl (C=O) groups is 1. The van der Waals surface area contributed by atoms with E-state index in [-0.39, 0.29) is 12.2 Å². The zero-order valence-electron chi connectivity index (χ0n) is 15.7. The number of alkyl halides is 3. The number of aromatic nitrogens is 1. The number of carbonyl (C=O) groups excluding carboxylic acids is 1. The molecule has 0 spiro atoms. The van der Waals surface area contributed by atoms with Gasteiger partial charge >= 0.3 is 6.18 Å². The van der Waals surface area contributed by atoms with Crippen molar-refractivity contribution in [2.24, 2.45) is 0 Å². The van der Waals surface area contributed by atoms with Gasteiger partial charge in [0.15, 0.2) is 10.9 Å². The molecule has 0 saturated carbocycles. The van der Waals surface area contributed by atoms with Crippen molar-refractivity contribution in [3.63, 3.8) is 0 Å². The van der Waals surface area contributed by atoms with E-state index in [0.717, 1.165) is 22.6 Å². The fraction of sp³-hybridized carbons (Fsp3) is 0.0909. The van der Waals surface area contributed by atoms with Gasteiger partial charge in [-0.2, -0.15) is 13.2 Å². The summed E-state index contributed by atoms with van der Waals surface area (Å²) < 4.78 is 44.2. The number of thiazole rings is 1. The lowest BCUT2D eigenvalue weighted by atomic mass is 10.1. The molecular formula is C22H14ClF3N2O2S. The number of nitrogens with one attached hydrogen (secondary N) is 1. The first-order valence-corrected chi connectivity index (χ1v) is 10.3. The first-order chi connectivity index (χ1) is 14.8. The molecule has 0 unspecified atom stereocenters. The molecule has 0 saturated heterocycles. The number of nitrogens with zero attached hydrogens (tertiary/aromatic N) is 1. The predicted octanol–water partition coefficient (Wildman–Crippen LogP) is 6.92. The molecular weight excluding hydrogens is 449 g/mol. The van der Waals surface area contributed by atoms with Gasteiger partial charge in [0.2, 0.25) is 0 Å². The van der Waals surface area contributed by atoms with E-state index in [9.17, 15) is 18.0 Å². The zero-order valence-corrected chi connectivity index (χ0v) is 17.3. The summed E-state index contributed by atoms with van der Waals surface area (Å²) in [6, 6.07) is 15.4. The summed E-state index contributed by atoms with van der Waals surface area (Å²) in [6.45, 7) is 0. The van der Waals surface area contributed by atoms with Crippen LogP contribution in [0.2, 0.25) is 5.02 Å². The lowest BCUT2D eigenvalue weighted by Crippen LogP contribution is -2.10. The lowest BCUT2D eigenvalue weighted by Gasteiger charge is -2.07. The molecule has 0 bridgehead atoms. The number of hydrogen-bond acceptors (Lipinski definition) is 4. The Kier molecular flexibility index (Phi) is 5.84. The first-order valence-electron chi connectivity index (χ1n) is 9.06. The van der Waals surface area contributed by atoms with E-state index < -0.39 is 17.6 Å². The Labute approximate surface area is 184 Å². The van der Waals surface area contributed by atoms with Crippen LogP contribution in [-0.4, -0.2) is 10.9 Å². The SMILES string of the molecule is O=C(Nc1ncc(Cc2cccc(C(F)(F)F)c2)s1)c1ccc(-c2ccc(Cl)cc2)o1. The van der Waals surface area contributed by atoms with Crippen LogP contribution in [0.1, 0.15) is 26.6 Å². The number of anilines is 1. The van der Waals surface area contributed by atoms with Crippen LogP contribution in [0, 0.1) is 0 Å². The highest BCUT2D eigenvalue weighted by Crippen LogP contribution is 2.31. The molecule has 4 aromatic rings. The summed E-state index contributed by atoms with van der Waals surface area (Å²) in [6.07, 6.45) is -2.59. The van der Waals surface area contributed by atoms with E-state index in [0.29, 0.717) is 21.5 Å². The normalized spacial score (nSPS) is 11.5. The van der Waals surface area contributed by atoms with E-state index in [1.807, 2.05) is 0 Å². The molecule has 0 atom stereocenters. The van der Waals surface area contributed by atoms with E-state index in [4.69, 9.17) is 16.0 Å². The minimum absolute atomic E-state index is 0.111. The van der Waals surface area contributed by atoms with Gasteiger partial charge in [-0.15, -0.1) is 11.3 Å². The highest BCUT2D eigenvalue weighted by atomic mass is 35.5. The zero-order chi connectivity index (χ0) is 22.0. The van der Waals surface area contributed by atoms with Crippen LogP contribution in [0.15, 0.2) is 71.3 Å². The summed E-state index contributed by atoms with van der Waals surface area (Å²) in [5.74, 6) is 0.158.